The standard InChI is InChI=1S/C14H24N2O2/c1-3-5-6-7-13-15(9-4-2)11-12-16(13)10-8-14(17)18/h11-12H,3-10H2,1-2H3. The van der Waals surface area contributed by atoms with E-state index in [0.717, 1.165) is 25.8 Å². The van der Waals surface area contributed by atoms with Crippen LogP contribution >= 0.6 is 0 Å². The third kappa shape index (κ3) is 4.51. The number of unbranched alkanes of at least 4 members (excludes halogenated alkanes) is 2. The van der Waals surface area contributed by atoms with Crippen molar-refractivity contribution in [3.05, 3.63) is 18.2 Å². The largest absolute Gasteiger partial charge is 0.550 e. The molecule has 0 aromatic carbocycles. The zero-order chi connectivity index (χ0) is 13.4. The highest BCUT2D eigenvalue weighted by molar-refractivity contribution is 5.64. The zero-order valence-electron chi connectivity index (χ0n) is 11.5. The summed E-state index contributed by atoms with van der Waals surface area (Å²) in [6.07, 6.45) is 9.83. The minimum absolute atomic E-state index is 0.0849. The summed E-state index contributed by atoms with van der Waals surface area (Å²) in [5.41, 5.74) is 0. The van der Waals surface area contributed by atoms with Gasteiger partial charge < -0.3 is 9.90 Å². The van der Waals surface area contributed by atoms with Gasteiger partial charge in [-0.2, -0.15) is 0 Å². The molecule has 4 nitrogen and oxygen atoms in total. The Morgan fingerprint density at radius 3 is 2.72 bits per heavy atom. The minimum Gasteiger partial charge on any atom is -0.550 e. The van der Waals surface area contributed by atoms with Gasteiger partial charge in [0.1, 0.15) is 12.4 Å². The first kappa shape index (κ1) is 14.7. The maximum absolute atomic E-state index is 10.5. The number of nitrogens with zero attached hydrogens (tertiary/aromatic N) is 2. The summed E-state index contributed by atoms with van der Waals surface area (Å²) in [6.45, 7) is 5.86. The van der Waals surface area contributed by atoms with Crippen LogP contribution in [-0.2, 0) is 24.3 Å². The molecule has 0 aliphatic heterocycles. The molecular weight excluding hydrogens is 228 g/mol. The fraction of sp³-hybridized carbons (Fsp3) is 0.714. The molecule has 102 valence electrons. The second-order valence-corrected chi connectivity index (χ2v) is 4.68. The molecule has 1 heterocycles. The van der Waals surface area contributed by atoms with Crippen molar-refractivity contribution >= 4 is 5.97 Å². The smallest absolute Gasteiger partial charge is 0.256 e. The molecule has 0 unspecified atom stereocenters. The Labute approximate surface area is 109 Å². The van der Waals surface area contributed by atoms with Crippen molar-refractivity contribution in [3.63, 3.8) is 0 Å². The summed E-state index contributed by atoms with van der Waals surface area (Å²) in [7, 11) is 0. The van der Waals surface area contributed by atoms with Gasteiger partial charge in [0, 0.05) is 18.8 Å². The van der Waals surface area contributed by atoms with Gasteiger partial charge in [0.2, 0.25) is 0 Å². The average molecular weight is 252 g/mol. The Bertz CT molecular complexity index is 372. The number of carboxylic acids is 1. The van der Waals surface area contributed by atoms with Crippen LogP contribution in [0, 0.1) is 0 Å². The first-order chi connectivity index (χ1) is 8.69. The molecule has 0 amide bonds. The lowest BCUT2D eigenvalue weighted by Gasteiger charge is -2.05. The minimum atomic E-state index is -0.981. The van der Waals surface area contributed by atoms with Gasteiger partial charge in [0.05, 0.1) is 13.1 Å². The summed E-state index contributed by atoms with van der Waals surface area (Å²) < 4.78 is 4.30. The van der Waals surface area contributed by atoms with Gasteiger partial charge in [0.25, 0.3) is 5.82 Å². The van der Waals surface area contributed by atoms with Crippen LogP contribution in [0.1, 0.15) is 51.8 Å². The molecule has 0 saturated carbocycles. The molecule has 1 rings (SSSR count). The van der Waals surface area contributed by atoms with E-state index in [2.05, 4.69) is 29.2 Å². The summed E-state index contributed by atoms with van der Waals surface area (Å²) in [5.74, 6) is 0.261. The van der Waals surface area contributed by atoms with Crippen LogP contribution in [0.25, 0.3) is 0 Å². The summed E-state index contributed by atoms with van der Waals surface area (Å²) in [5, 5.41) is 10.5. The molecule has 0 N–H and O–H groups in total. The lowest BCUT2D eigenvalue weighted by atomic mass is 10.2. The van der Waals surface area contributed by atoms with Crippen molar-refractivity contribution in [2.45, 2.75) is 65.5 Å². The molecule has 0 radical (unpaired) electrons. The molecule has 1 aromatic heterocycles. The van der Waals surface area contributed by atoms with E-state index >= 15 is 0 Å². The highest BCUT2D eigenvalue weighted by Gasteiger charge is 2.15. The number of aryl methyl sites for hydroxylation is 2. The lowest BCUT2D eigenvalue weighted by Crippen LogP contribution is -2.37. The molecule has 0 spiro atoms. The van der Waals surface area contributed by atoms with Gasteiger partial charge in [-0.1, -0.05) is 26.7 Å². The number of carbonyl (C=O) groups excluding carboxylic acids is 1. The molecule has 4 heteroatoms. The van der Waals surface area contributed by atoms with Crippen molar-refractivity contribution in [2.24, 2.45) is 0 Å². The van der Waals surface area contributed by atoms with Crippen LogP contribution < -0.4 is 9.67 Å². The monoisotopic (exact) mass is 252 g/mol. The van der Waals surface area contributed by atoms with Crippen LogP contribution in [0.4, 0.5) is 0 Å². The molecular formula is C14H24N2O2. The number of aliphatic carboxylic acids is 1. The van der Waals surface area contributed by atoms with Crippen molar-refractivity contribution in [2.75, 3.05) is 0 Å². The summed E-state index contributed by atoms with van der Waals surface area (Å²) >= 11 is 0. The maximum Gasteiger partial charge on any atom is 0.256 e. The molecule has 0 fully saturated rings. The van der Waals surface area contributed by atoms with Crippen LogP contribution in [0.2, 0.25) is 0 Å². The van der Waals surface area contributed by atoms with Crippen LogP contribution in [0.5, 0.6) is 0 Å². The number of hydrogen-bond donors (Lipinski definition) is 0. The average Bonchev–Trinajstić information content (AvgIpc) is 2.70. The number of imidazole rings is 1. The van der Waals surface area contributed by atoms with E-state index in [0.29, 0.717) is 6.54 Å². The molecule has 0 bridgehead atoms. The molecule has 0 aliphatic rings. The van der Waals surface area contributed by atoms with Crippen molar-refractivity contribution in [1.82, 2.24) is 4.57 Å². The van der Waals surface area contributed by atoms with Gasteiger partial charge in [-0.15, -0.1) is 0 Å². The topological polar surface area (TPSA) is 48.9 Å². The molecule has 1 aromatic rings. The lowest BCUT2D eigenvalue weighted by molar-refractivity contribution is -0.703. The number of carboxylic acid groups (broad SMARTS) is 1. The van der Waals surface area contributed by atoms with E-state index in [1.807, 2.05) is 6.20 Å². The number of carbonyl (C=O) groups is 1. The zero-order valence-corrected chi connectivity index (χ0v) is 11.5. The van der Waals surface area contributed by atoms with Crippen LogP contribution in [0.3, 0.4) is 0 Å². The van der Waals surface area contributed by atoms with Crippen LogP contribution in [-0.4, -0.2) is 10.5 Å². The van der Waals surface area contributed by atoms with Crippen molar-refractivity contribution < 1.29 is 14.5 Å². The highest BCUT2D eigenvalue weighted by Crippen LogP contribution is 2.05. The number of hydrogen-bond acceptors (Lipinski definition) is 2. The van der Waals surface area contributed by atoms with Gasteiger partial charge in [-0.3, -0.25) is 0 Å². The fourth-order valence-electron chi connectivity index (χ4n) is 2.18. The first-order valence-electron chi connectivity index (χ1n) is 6.96. The summed E-state index contributed by atoms with van der Waals surface area (Å²) in [4.78, 5) is 10.5. The predicted molar refractivity (Wildman–Crippen MR) is 67.8 cm³/mol. The second kappa shape index (κ2) is 7.90. The summed E-state index contributed by atoms with van der Waals surface area (Å²) in [6, 6.07) is 0. The van der Waals surface area contributed by atoms with E-state index in [9.17, 15) is 9.90 Å². The van der Waals surface area contributed by atoms with Gasteiger partial charge in [-0.05, 0) is 12.8 Å². The Hall–Kier alpha value is -1.32. The van der Waals surface area contributed by atoms with E-state index in [4.69, 9.17) is 0 Å². The van der Waals surface area contributed by atoms with E-state index in [-0.39, 0.29) is 6.42 Å². The Kier molecular flexibility index (Phi) is 6.47. The third-order valence-electron chi connectivity index (χ3n) is 3.11. The van der Waals surface area contributed by atoms with E-state index < -0.39 is 5.97 Å². The molecule has 0 saturated heterocycles. The fourth-order valence-corrected chi connectivity index (χ4v) is 2.18. The Morgan fingerprint density at radius 2 is 2.11 bits per heavy atom. The number of aromatic nitrogens is 2. The van der Waals surface area contributed by atoms with E-state index in [1.54, 1.807) is 0 Å². The Morgan fingerprint density at radius 1 is 1.33 bits per heavy atom. The van der Waals surface area contributed by atoms with E-state index in [1.165, 1.54) is 18.7 Å². The third-order valence-corrected chi connectivity index (χ3v) is 3.11. The maximum atomic E-state index is 10.5. The van der Waals surface area contributed by atoms with Crippen molar-refractivity contribution in [3.8, 4) is 0 Å². The first-order valence-corrected chi connectivity index (χ1v) is 6.96. The second-order valence-electron chi connectivity index (χ2n) is 4.68. The quantitative estimate of drug-likeness (QED) is 0.487. The van der Waals surface area contributed by atoms with Crippen molar-refractivity contribution in [1.29, 1.82) is 0 Å². The molecule has 0 atom stereocenters. The molecule has 18 heavy (non-hydrogen) atoms. The Balaban J connectivity index is 2.71. The normalized spacial score (nSPS) is 10.8. The SMILES string of the molecule is CCCCCc1n(CCC(=O)[O-])cc[n+]1CCC. The van der Waals surface area contributed by atoms with Crippen LogP contribution in [0.15, 0.2) is 12.4 Å². The number of rotatable bonds is 9. The van der Waals surface area contributed by atoms with Gasteiger partial charge in [0.15, 0.2) is 0 Å². The predicted octanol–water partition coefficient (Wildman–Crippen LogP) is 1.06. The van der Waals surface area contributed by atoms with Gasteiger partial charge in [-0.25, -0.2) is 9.13 Å². The highest BCUT2D eigenvalue weighted by atomic mass is 16.4. The molecule has 0 aliphatic carbocycles. The van der Waals surface area contributed by atoms with Gasteiger partial charge >= 0.3 is 0 Å².